The molecule has 4 rings (SSSR count). The van der Waals surface area contributed by atoms with Crippen LogP contribution in [0.3, 0.4) is 0 Å². The van der Waals surface area contributed by atoms with Gasteiger partial charge >= 0.3 is 6.36 Å². The van der Waals surface area contributed by atoms with Crippen molar-refractivity contribution in [3.63, 3.8) is 0 Å². The number of aromatic nitrogens is 1. The smallest absolute Gasteiger partial charge is 0.406 e. The lowest BCUT2D eigenvalue weighted by Crippen LogP contribution is -2.29. The Balaban J connectivity index is 1.61. The van der Waals surface area contributed by atoms with Crippen molar-refractivity contribution in [3.8, 4) is 17.0 Å². The molecule has 1 aromatic heterocycles. The molecule has 0 aliphatic carbocycles. The van der Waals surface area contributed by atoms with E-state index in [0.717, 1.165) is 42.9 Å². The number of nitrogens with one attached hydrogen (secondary N) is 1. The van der Waals surface area contributed by atoms with E-state index in [1.54, 1.807) is 12.1 Å². The molecule has 1 N–H and O–H groups in total. The zero-order valence-corrected chi connectivity index (χ0v) is 16.3. The number of ether oxygens (including phenoxy) is 1. The molecule has 0 radical (unpaired) electrons. The molecule has 1 aliphatic heterocycles. The van der Waals surface area contributed by atoms with E-state index in [2.05, 4.69) is 21.0 Å². The van der Waals surface area contributed by atoms with Crippen molar-refractivity contribution < 1.29 is 17.9 Å². The molecule has 30 heavy (non-hydrogen) atoms. The van der Waals surface area contributed by atoms with Crippen molar-refractivity contribution in [2.24, 2.45) is 0 Å². The van der Waals surface area contributed by atoms with Gasteiger partial charge in [-0.05, 0) is 49.6 Å². The molecule has 0 atom stereocenters. The molecule has 0 spiro atoms. The van der Waals surface area contributed by atoms with Gasteiger partial charge in [0.1, 0.15) is 11.6 Å². The lowest BCUT2D eigenvalue weighted by molar-refractivity contribution is -0.274. The fraction of sp³-hybridized carbons (Fsp3) is 0.261. The summed E-state index contributed by atoms with van der Waals surface area (Å²) >= 11 is 0. The predicted molar refractivity (Wildman–Crippen MR) is 112 cm³/mol. The molecule has 156 valence electrons. The van der Waals surface area contributed by atoms with Crippen molar-refractivity contribution in [1.29, 1.82) is 0 Å². The Morgan fingerprint density at radius 2 is 1.57 bits per heavy atom. The lowest BCUT2D eigenvalue weighted by atomic mass is 10.1. The Morgan fingerprint density at radius 3 is 2.23 bits per heavy atom. The van der Waals surface area contributed by atoms with Gasteiger partial charge in [-0.2, -0.15) is 0 Å². The van der Waals surface area contributed by atoms with Crippen LogP contribution < -0.4 is 15.0 Å². The summed E-state index contributed by atoms with van der Waals surface area (Å²) in [5, 5.41) is 3.21. The maximum Gasteiger partial charge on any atom is 0.573 e. The van der Waals surface area contributed by atoms with Gasteiger partial charge < -0.3 is 15.0 Å². The van der Waals surface area contributed by atoms with E-state index in [4.69, 9.17) is 4.98 Å². The number of rotatable bonds is 5. The first-order valence-electron chi connectivity index (χ1n) is 9.92. The summed E-state index contributed by atoms with van der Waals surface area (Å²) in [5.74, 6) is 0.384. The number of anilines is 3. The van der Waals surface area contributed by atoms with E-state index in [9.17, 15) is 13.2 Å². The normalized spacial score (nSPS) is 14.4. The molecule has 7 heteroatoms. The van der Waals surface area contributed by atoms with Crippen molar-refractivity contribution in [3.05, 3.63) is 66.7 Å². The standard InChI is InChI=1S/C23H22F3N3O/c24-23(25,26)30-20-11-9-18(10-12-20)27-22-16-19(29-13-5-2-6-14-29)15-21(28-22)17-7-3-1-4-8-17/h1,3-4,7-12,15-16H,2,5-6,13-14H2,(H,27,28). The molecule has 0 unspecified atom stereocenters. The minimum atomic E-state index is -4.70. The second-order valence-electron chi connectivity index (χ2n) is 7.21. The number of hydrogen-bond acceptors (Lipinski definition) is 4. The highest BCUT2D eigenvalue weighted by Crippen LogP contribution is 2.30. The number of hydrogen-bond donors (Lipinski definition) is 1. The molecule has 2 heterocycles. The fourth-order valence-electron chi connectivity index (χ4n) is 3.56. The van der Waals surface area contributed by atoms with Crippen LogP contribution in [0.15, 0.2) is 66.7 Å². The quantitative estimate of drug-likeness (QED) is 0.527. The third-order valence-corrected chi connectivity index (χ3v) is 4.96. The fourth-order valence-corrected chi connectivity index (χ4v) is 3.56. The van der Waals surface area contributed by atoms with Gasteiger partial charge in [0, 0.05) is 36.1 Å². The summed E-state index contributed by atoms with van der Waals surface area (Å²) in [6.07, 6.45) is -1.15. The van der Waals surface area contributed by atoms with Crippen molar-refractivity contribution in [1.82, 2.24) is 4.98 Å². The van der Waals surface area contributed by atoms with Crippen LogP contribution in [-0.4, -0.2) is 24.4 Å². The van der Waals surface area contributed by atoms with Gasteiger partial charge in [-0.15, -0.1) is 13.2 Å². The van der Waals surface area contributed by atoms with E-state index >= 15 is 0 Å². The number of benzene rings is 2. The highest BCUT2D eigenvalue weighted by molar-refractivity contribution is 5.71. The molecule has 1 fully saturated rings. The number of halogens is 3. The van der Waals surface area contributed by atoms with Crippen LogP contribution in [0.4, 0.5) is 30.4 Å². The zero-order valence-electron chi connectivity index (χ0n) is 16.3. The van der Waals surface area contributed by atoms with Gasteiger partial charge in [-0.1, -0.05) is 30.3 Å². The van der Waals surface area contributed by atoms with Crippen molar-refractivity contribution in [2.45, 2.75) is 25.6 Å². The van der Waals surface area contributed by atoms with Crippen LogP contribution in [0.1, 0.15) is 19.3 Å². The zero-order chi connectivity index (χ0) is 21.0. The Hall–Kier alpha value is -3.22. The summed E-state index contributed by atoms with van der Waals surface area (Å²) in [6, 6.07) is 19.6. The first kappa shape index (κ1) is 20.1. The van der Waals surface area contributed by atoms with E-state index in [1.807, 2.05) is 36.4 Å². The molecule has 1 saturated heterocycles. The minimum absolute atomic E-state index is 0.256. The first-order valence-corrected chi connectivity index (χ1v) is 9.92. The third-order valence-electron chi connectivity index (χ3n) is 4.96. The van der Waals surface area contributed by atoms with Gasteiger partial charge in [0.05, 0.1) is 5.69 Å². The molecule has 3 aromatic rings. The molecular formula is C23H22F3N3O. The summed E-state index contributed by atoms with van der Waals surface area (Å²) in [4.78, 5) is 7.08. The van der Waals surface area contributed by atoms with E-state index in [-0.39, 0.29) is 5.75 Å². The Morgan fingerprint density at radius 1 is 0.867 bits per heavy atom. The second-order valence-corrected chi connectivity index (χ2v) is 7.21. The molecule has 0 saturated carbocycles. The highest BCUT2D eigenvalue weighted by Gasteiger charge is 2.30. The van der Waals surface area contributed by atoms with Gasteiger partial charge in [0.2, 0.25) is 0 Å². The van der Waals surface area contributed by atoms with Crippen LogP contribution >= 0.6 is 0 Å². The van der Waals surface area contributed by atoms with E-state index < -0.39 is 6.36 Å². The van der Waals surface area contributed by atoms with Crippen LogP contribution in [0, 0.1) is 0 Å². The van der Waals surface area contributed by atoms with E-state index in [0.29, 0.717) is 11.5 Å². The van der Waals surface area contributed by atoms with Crippen LogP contribution in [0.25, 0.3) is 11.3 Å². The highest BCUT2D eigenvalue weighted by atomic mass is 19.4. The number of pyridine rings is 1. The van der Waals surface area contributed by atoms with Gasteiger partial charge in [-0.3, -0.25) is 0 Å². The molecule has 4 nitrogen and oxygen atoms in total. The van der Waals surface area contributed by atoms with Gasteiger partial charge in [0.15, 0.2) is 0 Å². The molecular weight excluding hydrogens is 391 g/mol. The average molecular weight is 413 g/mol. The Labute approximate surface area is 173 Å². The second kappa shape index (κ2) is 8.65. The van der Waals surface area contributed by atoms with E-state index in [1.165, 1.54) is 18.6 Å². The van der Waals surface area contributed by atoms with Crippen molar-refractivity contribution in [2.75, 3.05) is 23.3 Å². The van der Waals surface area contributed by atoms with Gasteiger partial charge in [0.25, 0.3) is 0 Å². The number of piperidine rings is 1. The maximum absolute atomic E-state index is 12.4. The maximum atomic E-state index is 12.4. The molecule has 0 bridgehead atoms. The largest absolute Gasteiger partial charge is 0.573 e. The predicted octanol–water partition coefficient (Wildman–Crippen LogP) is 6.38. The average Bonchev–Trinajstić information content (AvgIpc) is 2.75. The third kappa shape index (κ3) is 5.23. The van der Waals surface area contributed by atoms with Crippen LogP contribution in [-0.2, 0) is 0 Å². The number of nitrogens with zero attached hydrogens (tertiary/aromatic N) is 2. The molecule has 0 amide bonds. The topological polar surface area (TPSA) is 37.4 Å². The number of alkyl halides is 3. The summed E-state index contributed by atoms with van der Waals surface area (Å²) < 4.78 is 41.0. The van der Waals surface area contributed by atoms with Crippen LogP contribution in [0.5, 0.6) is 5.75 Å². The first-order chi connectivity index (χ1) is 14.5. The minimum Gasteiger partial charge on any atom is -0.406 e. The molecule has 2 aromatic carbocycles. The monoisotopic (exact) mass is 413 g/mol. The Kier molecular flexibility index (Phi) is 5.79. The molecule has 1 aliphatic rings. The SMILES string of the molecule is FC(F)(F)Oc1ccc(Nc2cc(N3CCCCC3)cc(-c3ccccc3)n2)cc1. The lowest BCUT2D eigenvalue weighted by Gasteiger charge is -2.29. The summed E-state index contributed by atoms with van der Waals surface area (Å²) in [6.45, 7) is 2.00. The van der Waals surface area contributed by atoms with Gasteiger partial charge in [-0.25, -0.2) is 4.98 Å². The van der Waals surface area contributed by atoms with Crippen LogP contribution in [0.2, 0.25) is 0 Å². The van der Waals surface area contributed by atoms with Crippen molar-refractivity contribution >= 4 is 17.2 Å². The summed E-state index contributed by atoms with van der Waals surface area (Å²) in [7, 11) is 0. The summed E-state index contributed by atoms with van der Waals surface area (Å²) in [5.41, 5.74) is 3.57. The Bertz CT molecular complexity index is 969.